The Hall–Kier alpha value is -1.12. The molecule has 1 aromatic carbocycles. The van der Waals surface area contributed by atoms with Crippen LogP contribution in [0.25, 0.3) is 0 Å². The molecule has 2 heteroatoms. The SMILES string of the molecule is C=C(C)CCC1OC(O)c2ccccc21. The van der Waals surface area contributed by atoms with E-state index >= 15 is 0 Å². The van der Waals surface area contributed by atoms with Gasteiger partial charge in [0.15, 0.2) is 6.29 Å². The zero-order valence-electron chi connectivity index (χ0n) is 8.94. The van der Waals surface area contributed by atoms with Crippen molar-refractivity contribution in [1.29, 1.82) is 0 Å². The van der Waals surface area contributed by atoms with Gasteiger partial charge in [0.1, 0.15) is 0 Å². The molecule has 2 nitrogen and oxygen atoms in total. The van der Waals surface area contributed by atoms with E-state index in [0.29, 0.717) is 0 Å². The maximum absolute atomic E-state index is 9.67. The molecule has 1 aliphatic heterocycles. The van der Waals surface area contributed by atoms with E-state index in [2.05, 4.69) is 6.58 Å². The van der Waals surface area contributed by atoms with Crippen LogP contribution in [0.5, 0.6) is 0 Å². The lowest BCUT2D eigenvalue weighted by Crippen LogP contribution is -1.98. The molecule has 1 aliphatic rings. The molecular weight excluding hydrogens is 188 g/mol. The minimum Gasteiger partial charge on any atom is -0.364 e. The number of benzene rings is 1. The Kier molecular flexibility index (Phi) is 2.89. The van der Waals surface area contributed by atoms with Gasteiger partial charge in [-0.15, -0.1) is 6.58 Å². The Balaban J connectivity index is 2.14. The molecule has 0 fully saturated rings. The number of fused-ring (bicyclic) bond motifs is 1. The Morgan fingerprint density at radius 1 is 1.40 bits per heavy atom. The molecule has 0 spiro atoms. The molecule has 1 N–H and O–H groups in total. The van der Waals surface area contributed by atoms with Crippen LogP contribution in [-0.2, 0) is 4.74 Å². The summed E-state index contributed by atoms with van der Waals surface area (Å²) in [5, 5.41) is 9.67. The highest BCUT2D eigenvalue weighted by Gasteiger charge is 2.29. The lowest BCUT2D eigenvalue weighted by atomic mass is 10.0. The lowest BCUT2D eigenvalue weighted by molar-refractivity contribution is -0.122. The van der Waals surface area contributed by atoms with Crippen LogP contribution in [-0.4, -0.2) is 5.11 Å². The van der Waals surface area contributed by atoms with Crippen LogP contribution in [0.4, 0.5) is 0 Å². The molecule has 0 saturated carbocycles. The van der Waals surface area contributed by atoms with E-state index in [1.165, 1.54) is 0 Å². The van der Waals surface area contributed by atoms with E-state index in [0.717, 1.165) is 29.5 Å². The van der Waals surface area contributed by atoms with Gasteiger partial charge in [-0.2, -0.15) is 0 Å². The average Bonchev–Trinajstić information content (AvgIpc) is 2.54. The summed E-state index contributed by atoms with van der Waals surface area (Å²) in [6, 6.07) is 7.84. The number of hydrogen-bond donors (Lipinski definition) is 1. The van der Waals surface area contributed by atoms with Gasteiger partial charge in [-0.25, -0.2) is 0 Å². The van der Waals surface area contributed by atoms with Gasteiger partial charge in [-0.3, -0.25) is 0 Å². The molecule has 2 rings (SSSR count). The molecule has 1 heterocycles. The van der Waals surface area contributed by atoms with Gasteiger partial charge in [-0.1, -0.05) is 29.8 Å². The second kappa shape index (κ2) is 4.17. The predicted molar refractivity (Wildman–Crippen MR) is 59.3 cm³/mol. The van der Waals surface area contributed by atoms with Gasteiger partial charge in [-0.05, 0) is 25.3 Å². The number of ether oxygens (including phenoxy) is 1. The monoisotopic (exact) mass is 204 g/mol. The molecule has 15 heavy (non-hydrogen) atoms. The van der Waals surface area contributed by atoms with E-state index < -0.39 is 6.29 Å². The molecule has 0 saturated heterocycles. The number of allylic oxidation sites excluding steroid dienone is 1. The van der Waals surface area contributed by atoms with Crippen LogP contribution in [0.2, 0.25) is 0 Å². The molecule has 2 atom stereocenters. The van der Waals surface area contributed by atoms with Crippen molar-refractivity contribution in [3.05, 3.63) is 47.5 Å². The fraction of sp³-hybridized carbons (Fsp3) is 0.385. The van der Waals surface area contributed by atoms with Crippen molar-refractivity contribution in [1.82, 2.24) is 0 Å². The fourth-order valence-corrected chi connectivity index (χ4v) is 1.93. The summed E-state index contributed by atoms with van der Waals surface area (Å²) < 4.78 is 5.50. The number of hydrogen-bond acceptors (Lipinski definition) is 2. The summed E-state index contributed by atoms with van der Waals surface area (Å²) in [5.74, 6) is 0. The average molecular weight is 204 g/mol. The summed E-state index contributed by atoms with van der Waals surface area (Å²) >= 11 is 0. The van der Waals surface area contributed by atoms with Gasteiger partial charge in [0.05, 0.1) is 6.10 Å². The number of rotatable bonds is 3. The third-order valence-electron chi connectivity index (χ3n) is 2.74. The van der Waals surface area contributed by atoms with Crippen LogP contribution in [0.3, 0.4) is 0 Å². The zero-order chi connectivity index (χ0) is 10.8. The van der Waals surface area contributed by atoms with Crippen LogP contribution in [0.1, 0.15) is 43.3 Å². The second-order valence-electron chi connectivity index (χ2n) is 4.10. The first-order valence-corrected chi connectivity index (χ1v) is 5.25. The highest BCUT2D eigenvalue weighted by molar-refractivity contribution is 5.33. The largest absolute Gasteiger partial charge is 0.364 e. The lowest BCUT2D eigenvalue weighted by Gasteiger charge is -2.11. The normalized spacial score (nSPS) is 23.9. The van der Waals surface area contributed by atoms with Gasteiger partial charge in [0.25, 0.3) is 0 Å². The Labute approximate surface area is 90.2 Å². The van der Waals surface area contributed by atoms with Gasteiger partial charge < -0.3 is 9.84 Å². The van der Waals surface area contributed by atoms with Gasteiger partial charge >= 0.3 is 0 Å². The van der Waals surface area contributed by atoms with Crippen molar-refractivity contribution < 1.29 is 9.84 Å². The summed E-state index contributed by atoms with van der Waals surface area (Å²) in [4.78, 5) is 0. The maximum atomic E-state index is 9.67. The standard InChI is InChI=1S/C13H16O2/c1-9(2)7-8-12-10-5-3-4-6-11(10)13(14)15-12/h3-6,12-14H,1,7-8H2,2H3. The predicted octanol–water partition coefficient (Wildman–Crippen LogP) is 3.11. The van der Waals surface area contributed by atoms with E-state index in [1.807, 2.05) is 31.2 Å². The van der Waals surface area contributed by atoms with E-state index in [1.54, 1.807) is 0 Å². The van der Waals surface area contributed by atoms with Crippen molar-refractivity contribution in [2.24, 2.45) is 0 Å². The van der Waals surface area contributed by atoms with Crippen molar-refractivity contribution in [2.75, 3.05) is 0 Å². The smallest absolute Gasteiger partial charge is 0.182 e. The molecule has 2 unspecified atom stereocenters. The number of aliphatic hydroxyl groups excluding tert-OH is 1. The fourth-order valence-electron chi connectivity index (χ4n) is 1.93. The van der Waals surface area contributed by atoms with Crippen molar-refractivity contribution in [2.45, 2.75) is 32.2 Å². The van der Waals surface area contributed by atoms with Crippen molar-refractivity contribution in [3.63, 3.8) is 0 Å². The topological polar surface area (TPSA) is 29.5 Å². The minimum atomic E-state index is -0.753. The van der Waals surface area contributed by atoms with E-state index in [4.69, 9.17) is 4.74 Å². The van der Waals surface area contributed by atoms with Crippen molar-refractivity contribution in [3.8, 4) is 0 Å². The molecule has 1 aromatic rings. The third-order valence-corrected chi connectivity index (χ3v) is 2.74. The van der Waals surface area contributed by atoms with E-state index in [-0.39, 0.29) is 6.10 Å². The molecule has 0 amide bonds. The zero-order valence-corrected chi connectivity index (χ0v) is 8.94. The summed E-state index contributed by atoms with van der Waals surface area (Å²) in [7, 11) is 0. The second-order valence-corrected chi connectivity index (χ2v) is 4.10. The number of aliphatic hydroxyl groups is 1. The Bertz CT molecular complexity index is 371. The summed E-state index contributed by atoms with van der Waals surface area (Å²) in [5.41, 5.74) is 3.17. The molecular formula is C13H16O2. The first-order valence-electron chi connectivity index (χ1n) is 5.25. The minimum absolute atomic E-state index is 0.0212. The van der Waals surface area contributed by atoms with Crippen LogP contribution in [0, 0.1) is 0 Å². The molecule has 0 bridgehead atoms. The van der Waals surface area contributed by atoms with Crippen LogP contribution >= 0.6 is 0 Å². The van der Waals surface area contributed by atoms with Crippen molar-refractivity contribution >= 4 is 0 Å². The van der Waals surface area contributed by atoms with Gasteiger partial charge in [0.2, 0.25) is 0 Å². The highest BCUT2D eigenvalue weighted by Crippen LogP contribution is 2.39. The Morgan fingerprint density at radius 3 is 2.73 bits per heavy atom. The molecule has 0 aliphatic carbocycles. The van der Waals surface area contributed by atoms with Gasteiger partial charge in [0, 0.05) is 5.56 Å². The highest BCUT2D eigenvalue weighted by atomic mass is 16.6. The molecule has 0 aromatic heterocycles. The summed E-state index contributed by atoms with van der Waals surface area (Å²) in [6.07, 6.45) is 1.10. The molecule has 80 valence electrons. The Morgan fingerprint density at radius 2 is 2.07 bits per heavy atom. The first kappa shape index (κ1) is 10.4. The maximum Gasteiger partial charge on any atom is 0.182 e. The first-order chi connectivity index (χ1) is 7.18. The quantitative estimate of drug-likeness (QED) is 0.766. The third kappa shape index (κ3) is 2.11. The molecule has 0 radical (unpaired) electrons. The van der Waals surface area contributed by atoms with Crippen LogP contribution < -0.4 is 0 Å². The van der Waals surface area contributed by atoms with Crippen LogP contribution in [0.15, 0.2) is 36.4 Å². The summed E-state index contributed by atoms with van der Waals surface area (Å²) in [6.45, 7) is 5.88. The van der Waals surface area contributed by atoms with E-state index in [9.17, 15) is 5.11 Å².